The molecule has 2 aliphatic heterocycles. The van der Waals surface area contributed by atoms with E-state index in [2.05, 4.69) is 4.99 Å². The minimum Gasteiger partial charge on any atom is -0.315 e. The van der Waals surface area contributed by atoms with Crippen LogP contribution in [0, 0.1) is 6.92 Å². The third-order valence-corrected chi connectivity index (χ3v) is 7.21. The number of rotatable bonds is 2. The van der Waals surface area contributed by atoms with Crippen molar-refractivity contribution >= 4 is 50.0 Å². The summed E-state index contributed by atoms with van der Waals surface area (Å²) in [5.74, 6) is -0.379. The number of alkyl halides is 1. The average molecular weight is 359 g/mol. The number of thioether (sulfide) groups is 1. The molecule has 0 unspecified atom stereocenters. The number of hydrogen-bond acceptors (Lipinski definition) is 4. The first kappa shape index (κ1) is 15.8. The maximum absolute atomic E-state index is 11.9. The number of nitrogens with zero attached hydrogens (tertiary/aromatic N) is 2. The number of halogens is 1. The van der Waals surface area contributed by atoms with E-state index in [0.29, 0.717) is 5.17 Å². The summed E-state index contributed by atoms with van der Waals surface area (Å²) in [7, 11) is -3.05. The summed E-state index contributed by atoms with van der Waals surface area (Å²) in [5.41, 5.74) is 1.90. The maximum atomic E-state index is 11.9. The summed E-state index contributed by atoms with van der Waals surface area (Å²) in [6.45, 7) is 1.96. The fourth-order valence-electron chi connectivity index (χ4n) is 2.82. The molecule has 0 spiro atoms. The highest BCUT2D eigenvalue weighted by molar-refractivity contribution is 8.16. The van der Waals surface area contributed by atoms with E-state index in [1.165, 1.54) is 11.8 Å². The molecule has 8 heteroatoms. The Kier molecular flexibility index (Phi) is 4.22. The SMILES string of the molecule is Cc1ccccc1N1C(=NC(=O)CCl)S[C@@H]2CS(=O)(=O)C[C@@H]21. The van der Waals surface area contributed by atoms with Crippen molar-refractivity contribution < 1.29 is 13.2 Å². The number of anilines is 1. The molecule has 3 rings (SSSR count). The van der Waals surface area contributed by atoms with Gasteiger partial charge in [0.15, 0.2) is 15.0 Å². The van der Waals surface area contributed by atoms with Crippen molar-refractivity contribution in [3.63, 3.8) is 0 Å². The van der Waals surface area contributed by atoms with Gasteiger partial charge in [-0.2, -0.15) is 4.99 Å². The molecule has 1 aromatic rings. The molecule has 2 aliphatic rings. The Hall–Kier alpha value is -1.05. The lowest BCUT2D eigenvalue weighted by Gasteiger charge is -2.26. The Balaban J connectivity index is 2.05. The van der Waals surface area contributed by atoms with E-state index in [1.54, 1.807) is 0 Å². The lowest BCUT2D eigenvalue weighted by Crippen LogP contribution is -2.38. The number of fused-ring (bicyclic) bond motifs is 1. The van der Waals surface area contributed by atoms with Crippen molar-refractivity contribution in [2.75, 3.05) is 22.3 Å². The number of carbonyl (C=O) groups is 1. The summed E-state index contributed by atoms with van der Waals surface area (Å²) in [5, 5.41) is 0.455. The summed E-state index contributed by atoms with van der Waals surface area (Å²) >= 11 is 6.90. The molecule has 5 nitrogen and oxygen atoms in total. The monoisotopic (exact) mass is 358 g/mol. The number of benzene rings is 1. The second-order valence-electron chi connectivity index (χ2n) is 5.38. The Morgan fingerprint density at radius 2 is 2.14 bits per heavy atom. The molecule has 1 aromatic carbocycles. The number of amidine groups is 1. The van der Waals surface area contributed by atoms with Gasteiger partial charge in [0.2, 0.25) is 0 Å². The molecule has 0 saturated carbocycles. The standard InChI is InChI=1S/C14H15ClN2O3S2/c1-9-4-2-3-5-10(9)17-11-7-22(19,20)8-12(11)21-14(17)16-13(18)6-15/h2-5,11-12H,6-8H2,1H3/t11-,12+/m0/s1. The molecule has 2 saturated heterocycles. The highest BCUT2D eigenvalue weighted by Crippen LogP contribution is 2.41. The van der Waals surface area contributed by atoms with E-state index < -0.39 is 15.7 Å². The van der Waals surface area contributed by atoms with Gasteiger partial charge in [-0.25, -0.2) is 8.42 Å². The summed E-state index contributed by atoms with van der Waals surface area (Å²) < 4.78 is 23.8. The second-order valence-corrected chi connectivity index (χ2v) is 9.01. The van der Waals surface area contributed by atoms with Crippen LogP contribution in [0.3, 0.4) is 0 Å². The van der Waals surface area contributed by atoms with Crippen LogP contribution in [0.5, 0.6) is 0 Å². The third kappa shape index (κ3) is 2.89. The molecular formula is C14H15ClN2O3S2. The molecule has 0 radical (unpaired) electrons. The first-order valence-electron chi connectivity index (χ1n) is 6.81. The summed E-state index contributed by atoms with van der Waals surface area (Å²) in [4.78, 5) is 17.6. The van der Waals surface area contributed by atoms with Gasteiger partial charge in [-0.15, -0.1) is 11.6 Å². The Morgan fingerprint density at radius 1 is 1.41 bits per heavy atom. The fraction of sp³-hybridized carbons (Fsp3) is 0.429. The molecule has 118 valence electrons. The van der Waals surface area contributed by atoms with E-state index in [-0.39, 0.29) is 28.7 Å². The Morgan fingerprint density at radius 3 is 2.82 bits per heavy atom. The first-order valence-corrected chi connectivity index (χ1v) is 10.0. The molecule has 0 aromatic heterocycles. The van der Waals surface area contributed by atoms with Crippen LogP contribution in [0.25, 0.3) is 0 Å². The molecule has 0 N–H and O–H groups in total. The molecule has 2 heterocycles. The lowest BCUT2D eigenvalue weighted by molar-refractivity contribution is -0.115. The van der Waals surface area contributed by atoms with Crippen LogP contribution in [-0.2, 0) is 14.6 Å². The predicted molar refractivity (Wildman–Crippen MR) is 90.6 cm³/mol. The quantitative estimate of drug-likeness (QED) is 0.754. The van der Waals surface area contributed by atoms with Crippen LogP contribution >= 0.6 is 23.4 Å². The van der Waals surface area contributed by atoms with Gasteiger partial charge in [0.25, 0.3) is 5.91 Å². The van der Waals surface area contributed by atoms with E-state index in [1.807, 2.05) is 36.1 Å². The van der Waals surface area contributed by atoms with Crippen molar-refractivity contribution in [1.29, 1.82) is 0 Å². The zero-order chi connectivity index (χ0) is 15.9. The molecule has 2 atom stereocenters. The Labute approximate surface area is 138 Å². The van der Waals surface area contributed by atoms with Gasteiger partial charge in [0, 0.05) is 10.9 Å². The van der Waals surface area contributed by atoms with E-state index in [0.717, 1.165) is 11.3 Å². The number of aryl methyl sites for hydroxylation is 1. The largest absolute Gasteiger partial charge is 0.315 e. The first-order chi connectivity index (χ1) is 10.4. The maximum Gasteiger partial charge on any atom is 0.262 e. The topological polar surface area (TPSA) is 66.8 Å². The number of amides is 1. The lowest BCUT2D eigenvalue weighted by atomic mass is 10.1. The summed E-state index contributed by atoms with van der Waals surface area (Å²) in [6.07, 6.45) is 0. The van der Waals surface area contributed by atoms with E-state index in [9.17, 15) is 13.2 Å². The van der Waals surface area contributed by atoms with Crippen LogP contribution in [0.1, 0.15) is 5.56 Å². The average Bonchev–Trinajstić information content (AvgIpc) is 2.91. The van der Waals surface area contributed by atoms with Gasteiger partial charge in [0.1, 0.15) is 5.88 Å². The number of carbonyl (C=O) groups excluding carboxylic acids is 1. The predicted octanol–water partition coefficient (Wildman–Crippen LogP) is 1.84. The van der Waals surface area contributed by atoms with Crippen molar-refractivity contribution in [1.82, 2.24) is 0 Å². The minimum atomic E-state index is -3.05. The fourth-order valence-corrected chi connectivity index (χ4v) is 6.80. The molecule has 22 heavy (non-hydrogen) atoms. The summed E-state index contributed by atoms with van der Waals surface area (Å²) in [6, 6.07) is 7.51. The van der Waals surface area contributed by atoms with Gasteiger partial charge in [-0.1, -0.05) is 30.0 Å². The molecule has 2 fully saturated rings. The Bertz CT molecular complexity index is 748. The van der Waals surface area contributed by atoms with Crippen LogP contribution in [0.4, 0.5) is 5.69 Å². The molecular weight excluding hydrogens is 344 g/mol. The smallest absolute Gasteiger partial charge is 0.262 e. The normalized spacial score (nSPS) is 28.1. The molecule has 0 aliphatic carbocycles. The zero-order valence-electron chi connectivity index (χ0n) is 11.9. The number of aliphatic imine (C=N–C) groups is 1. The van der Waals surface area contributed by atoms with Gasteiger partial charge >= 0.3 is 0 Å². The van der Waals surface area contributed by atoms with Gasteiger partial charge in [-0.05, 0) is 18.6 Å². The second kappa shape index (κ2) is 5.86. The number of hydrogen-bond donors (Lipinski definition) is 0. The van der Waals surface area contributed by atoms with Gasteiger partial charge in [-0.3, -0.25) is 4.79 Å². The zero-order valence-corrected chi connectivity index (χ0v) is 14.3. The van der Waals surface area contributed by atoms with Crippen molar-refractivity contribution in [2.24, 2.45) is 4.99 Å². The highest BCUT2D eigenvalue weighted by Gasteiger charge is 2.49. The van der Waals surface area contributed by atoms with E-state index >= 15 is 0 Å². The highest BCUT2D eigenvalue weighted by atomic mass is 35.5. The van der Waals surface area contributed by atoms with Crippen molar-refractivity contribution in [2.45, 2.75) is 18.2 Å². The van der Waals surface area contributed by atoms with E-state index in [4.69, 9.17) is 11.6 Å². The van der Waals surface area contributed by atoms with Crippen LogP contribution in [0.2, 0.25) is 0 Å². The van der Waals surface area contributed by atoms with Crippen LogP contribution in [0.15, 0.2) is 29.3 Å². The van der Waals surface area contributed by atoms with Crippen LogP contribution < -0.4 is 4.90 Å². The molecule has 1 amide bonds. The van der Waals surface area contributed by atoms with Gasteiger partial charge < -0.3 is 4.90 Å². The number of para-hydroxylation sites is 1. The van der Waals surface area contributed by atoms with Gasteiger partial charge in [0.05, 0.1) is 17.5 Å². The third-order valence-electron chi connectivity index (χ3n) is 3.78. The van der Waals surface area contributed by atoms with Crippen LogP contribution in [-0.4, -0.2) is 48.2 Å². The number of sulfone groups is 1. The van der Waals surface area contributed by atoms with Crippen molar-refractivity contribution in [3.8, 4) is 0 Å². The van der Waals surface area contributed by atoms with Crippen molar-refractivity contribution in [3.05, 3.63) is 29.8 Å². The molecule has 0 bridgehead atoms. The minimum absolute atomic E-state index is 0.0904.